The van der Waals surface area contributed by atoms with E-state index in [-0.39, 0.29) is 11.4 Å². The molecule has 33 heavy (non-hydrogen) atoms. The molecule has 3 heterocycles. The Hall–Kier alpha value is -4.26. The first-order chi connectivity index (χ1) is 16.1. The van der Waals surface area contributed by atoms with Gasteiger partial charge in [0.1, 0.15) is 17.1 Å². The fourth-order valence-corrected chi connectivity index (χ4v) is 4.42. The van der Waals surface area contributed by atoms with E-state index in [4.69, 9.17) is 14.4 Å². The number of rotatable bonds is 3. The average molecular weight is 439 g/mol. The van der Waals surface area contributed by atoms with Crippen molar-refractivity contribution in [1.29, 1.82) is 0 Å². The largest absolute Gasteiger partial charge is 0.478 e. The van der Waals surface area contributed by atoms with E-state index in [0.29, 0.717) is 34.9 Å². The lowest BCUT2D eigenvalue weighted by atomic mass is 10.0. The van der Waals surface area contributed by atoms with Crippen LogP contribution in [0.5, 0.6) is 0 Å². The van der Waals surface area contributed by atoms with Crippen molar-refractivity contribution in [2.24, 2.45) is 0 Å². The number of hydrogen-bond acceptors (Lipinski definition) is 5. The summed E-state index contributed by atoms with van der Waals surface area (Å²) in [5.74, 6) is -0.182. The molecule has 0 radical (unpaired) electrons. The molecule has 0 saturated carbocycles. The summed E-state index contributed by atoms with van der Waals surface area (Å²) in [6.45, 7) is 0.671. The second-order valence-electron chi connectivity index (χ2n) is 8.08. The van der Waals surface area contributed by atoms with E-state index in [2.05, 4.69) is 0 Å². The molecule has 0 aliphatic carbocycles. The van der Waals surface area contributed by atoms with Crippen LogP contribution in [0, 0.1) is 5.82 Å². The molecular weight excluding hydrogens is 421 g/mol. The molecule has 6 rings (SSSR count). The molecule has 3 aromatic carbocycles. The standard InChI is InChI=1S/C26H18FN3O3/c27-18-8-10-21-15(12-18)5-3-11-30(21)25-24(23-14-16-4-1-2-6-22(16)33-23)28-19-9-7-17(26(31)32)13-20(19)29-25/h1-2,4,6-10,12-14H,3,5,11H2,(H,31,32). The van der Waals surface area contributed by atoms with Crippen molar-refractivity contribution in [3.63, 3.8) is 0 Å². The monoisotopic (exact) mass is 439 g/mol. The number of halogens is 1. The predicted octanol–water partition coefficient (Wildman–Crippen LogP) is 5.96. The minimum atomic E-state index is -1.03. The van der Waals surface area contributed by atoms with Crippen molar-refractivity contribution in [3.8, 4) is 11.5 Å². The molecule has 0 unspecified atom stereocenters. The number of aromatic carboxylic acids is 1. The summed E-state index contributed by atoms with van der Waals surface area (Å²) >= 11 is 0. The number of fused-ring (bicyclic) bond motifs is 3. The van der Waals surface area contributed by atoms with E-state index in [1.807, 2.05) is 35.2 Å². The zero-order valence-corrected chi connectivity index (χ0v) is 17.5. The van der Waals surface area contributed by atoms with E-state index in [1.165, 1.54) is 18.2 Å². The smallest absolute Gasteiger partial charge is 0.335 e. The highest BCUT2D eigenvalue weighted by Crippen LogP contribution is 2.39. The van der Waals surface area contributed by atoms with Gasteiger partial charge in [0.2, 0.25) is 0 Å². The third-order valence-corrected chi connectivity index (χ3v) is 5.97. The molecule has 0 spiro atoms. The highest BCUT2D eigenvalue weighted by atomic mass is 19.1. The van der Waals surface area contributed by atoms with E-state index in [0.717, 1.165) is 35.1 Å². The van der Waals surface area contributed by atoms with Crippen LogP contribution in [0.25, 0.3) is 33.5 Å². The Bertz CT molecular complexity index is 1530. The molecule has 162 valence electrons. The van der Waals surface area contributed by atoms with Crippen LogP contribution in [-0.2, 0) is 6.42 Å². The van der Waals surface area contributed by atoms with Crippen molar-refractivity contribution in [3.05, 3.63) is 83.7 Å². The summed E-state index contributed by atoms with van der Waals surface area (Å²) in [5, 5.41) is 10.4. The van der Waals surface area contributed by atoms with Gasteiger partial charge in [-0.2, -0.15) is 0 Å². The molecule has 7 heteroatoms. The van der Waals surface area contributed by atoms with Gasteiger partial charge in [-0.1, -0.05) is 18.2 Å². The van der Waals surface area contributed by atoms with Gasteiger partial charge in [0.15, 0.2) is 11.6 Å². The number of carbonyl (C=O) groups is 1. The maximum atomic E-state index is 13.9. The molecule has 5 aromatic rings. The lowest BCUT2D eigenvalue weighted by Crippen LogP contribution is -2.26. The number of carboxylic acids is 1. The van der Waals surface area contributed by atoms with Crippen LogP contribution < -0.4 is 4.90 Å². The Kier molecular flexibility index (Phi) is 4.36. The summed E-state index contributed by atoms with van der Waals surface area (Å²) in [4.78, 5) is 23.2. The summed E-state index contributed by atoms with van der Waals surface area (Å²) in [7, 11) is 0. The van der Waals surface area contributed by atoms with Crippen LogP contribution in [0.1, 0.15) is 22.3 Å². The number of nitrogens with zero attached hydrogens (tertiary/aromatic N) is 3. The first-order valence-electron chi connectivity index (χ1n) is 10.7. The lowest BCUT2D eigenvalue weighted by molar-refractivity contribution is 0.0697. The van der Waals surface area contributed by atoms with Gasteiger partial charge in [-0.3, -0.25) is 0 Å². The van der Waals surface area contributed by atoms with Crippen LogP contribution in [-0.4, -0.2) is 27.6 Å². The summed E-state index contributed by atoms with van der Waals surface area (Å²) < 4.78 is 20.0. The second kappa shape index (κ2) is 7.41. The maximum Gasteiger partial charge on any atom is 0.335 e. The zero-order chi connectivity index (χ0) is 22.5. The van der Waals surface area contributed by atoms with Gasteiger partial charge < -0.3 is 14.4 Å². The zero-order valence-electron chi connectivity index (χ0n) is 17.5. The summed E-state index contributed by atoms with van der Waals surface area (Å²) in [5.41, 5.74) is 4.23. The topological polar surface area (TPSA) is 79.5 Å². The fourth-order valence-electron chi connectivity index (χ4n) is 4.42. The van der Waals surface area contributed by atoms with Gasteiger partial charge in [-0.15, -0.1) is 0 Å². The molecule has 0 saturated heterocycles. The molecule has 2 aromatic heterocycles. The average Bonchev–Trinajstić information content (AvgIpc) is 3.26. The van der Waals surface area contributed by atoms with Gasteiger partial charge in [-0.05, 0) is 66.9 Å². The number of furan rings is 1. The van der Waals surface area contributed by atoms with Crippen LogP contribution in [0.15, 0.2) is 71.1 Å². The highest BCUT2D eigenvalue weighted by Gasteiger charge is 2.26. The molecule has 6 nitrogen and oxygen atoms in total. The van der Waals surface area contributed by atoms with Crippen molar-refractivity contribution in [2.45, 2.75) is 12.8 Å². The Balaban J connectivity index is 1.61. The molecule has 1 aliphatic heterocycles. The lowest BCUT2D eigenvalue weighted by Gasteiger charge is -2.31. The van der Waals surface area contributed by atoms with E-state index in [1.54, 1.807) is 18.2 Å². The number of para-hydroxylation sites is 1. The second-order valence-corrected chi connectivity index (χ2v) is 8.08. The Labute approximate surface area is 187 Å². The molecule has 1 aliphatic rings. The van der Waals surface area contributed by atoms with E-state index < -0.39 is 5.97 Å². The van der Waals surface area contributed by atoms with E-state index in [9.17, 15) is 14.3 Å². The quantitative estimate of drug-likeness (QED) is 0.373. The summed E-state index contributed by atoms with van der Waals surface area (Å²) in [6, 6.07) is 19.1. The first-order valence-corrected chi connectivity index (χ1v) is 10.7. The first kappa shape index (κ1) is 19.4. The van der Waals surface area contributed by atoms with Gasteiger partial charge in [-0.25, -0.2) is 19.2 Å². The van der Waals surface area contributed by atoms with Crippen LogP contribution in [0.4, 0.5) is 15.9 Å². The number of hydrogen-bond donors (Lipinski definition) is 1. The third-order valence-electron chi connectivity index (χ3n) is 5.97. The highest BCUT2D eigenvalue weighted by molar-refractivity contribution is 5.94. The van der Waals surface area contributed by atoms with Gasteiger partial charge >= 0.3 is 5.97 Å². The van der Waals surface area contributed by atoms with Crippen molar-refractivity contribution in [2.75, 3.05) is 11.4 Å². The molecular formula is C26H18FN3O3. The number of aryl methyl sites for hydroxylation is 1. The van der Waals surface area contributed by atoms with E-state index >= 15 is 0 Å². The fraction of sp³-hybridized carbons (Fsp3) is 0.115. The normalized spacial score (nSPS) is 13.4. The molecule has 0 bridgehead atoms. The minimum absolute atomic E-state index is 0.139. The van der Waals surface area contributed by atoms with Gasteiger partial charge in [0, 0.05) is 17.6 Å². The van der Waals surface area contributed by atoms with Gasteiger partial charge in [0.25, 0.3) is 0 Å². The number of carboxylic acid groups (broad SMARTS) is 1. The Morgan fingerprint density at radius 3 is 2.73 bits per heavy atom. The van der Waals surface area contributed by atoms with Crippen LogP contribution >= 0.6 is 0 Å². The van der Waals surface area contributed by atoms with Crippen molar-refractivity contribution in [1.82, 2.24) is 9.97 Å². The van der Waals surface area contributed by atoms with Crippen molar-refractivity contribution >= 4 is 39.5 Å². The summed E-state index contributed by atoms with van der Waals surface area (Å²) in [6.07, 6.45) is 1.60. The number of benzene rings is 3. The van der Waals surface area contributed by atoms with Gasteiger partial charge in [0.05, 0.1) is 16.6 Å². The van der Waals surface area contributed by atoms with Crippen LogP contribution in [0.2, 0.25) is 0 Å². The maximum absolute atomic E-state index is 13.9. The Morgan fingerprint density at radius 2 is 1.88 bits per heavy atom. The molecule has 0 fully saturated rings. The van der Waals surface area contributed by atoms with Crippen LogP contribution in [0.3, 0.4) is 0 Å². The minimum Gasteiger partial charge on any atom is -0.478 e. The predicted molar refractivity (Wildman–Crippen MR) is 123 cm³/mol. The number of aromatic nitrogens is 2. The molecule has 0 atom stereocenters. The van der Waals surface area contributed by atoms with Crippen molar-refractivity contribution < 1.29 is 18.7 Å². The number of anilines is 2. The Morgan fingerprint density at radius 1 is 1.00 bits per heavy atom. The molecule has 1 N–H and O–H groups in total. The SMILES string of the molecule is O=C(O)c1ccc2nc(-c3cc4ccccc4o3)c(N3CCCc4cc(F)ccc43)nc2c1. The third kappa shape index (κ3) is 3.29. The molecule has 0 amide bonds.